The van der Waals surface area contributed by atoms with Crippen molar-refractivity contribution in [2.75, 3.05) is 47.1 Å². The van der Waals surface area contributed by atoms with Crippen molar-refractivity contribution in [1.82, 2.24) is 38.8 Å². The van der Waals surface area contributed by atoms with Gasteiger partial charge in [-0.25, -0.2) is 28.8 Å². The molecule has 2 aromatic carbocycles. The van der Waals surface area contributed by atoms with E-state index < -0.39 is 0 Å². The molecule has 4 aromatic heterocycles. The molecule has 1 aliphatic heterocycles. The van der Waals surface area contributed by atoms with Gasteiger partial charge in [0.1, 0.15) is 28.5 Å². The van der Waals surface area contributed by atoms with E-state index in [1.807, 2.05) is 24.3 Å². The lowest BCUT2D eigenvalue weighted by atomic mass is 10.2. The molecule has 0 saturated carbocycles. The predicted molar refractivity (Wildman–Crippen MR) is 170 cm³/mol. The first-order valence-corrected chi connectivity index (χ1v) is 15.1. The molecule has 12 nitrogen and oxygen atoms in total. The quantitative estimate of drug-likeness (QED) is 0.226. The van der Waals surface area contributed by atoms with Crippen LogP contribution in [0, 0.1) is 5.82 Å². The minimum atomic E-state index is -0.322. The van der Waals surface area contributed by atoms with Crippen molar-refractivity contribution >= 4 is 22.2 Å². The van der Waals surface area contributed by atoms with Crippen molar-refractivity contribution in [2.45, 2.75) is 19.6 Å². The number of halogens is 1. The smallest absolute Gasteiger partial charge is 0.330 e. The van der Waals surface area contributed by atoms with E-state index in [1.54, 1.807) is 64.7 Å². The minimum absolute atomic E-state index is 0.183. The van der Waals surface area contributed by atoms with Crippen LogP contribution in [0.25, 0.3) is 33.7 Å². The number of fused-ring (bicyclic) bond motifs is 2. The average Bonchev–Trinajstić information content (AvgIpc) is 3.59. The lowest BCUT2D eigenvalue weighted by Gasteiger charge is -2.26. The zero-order valence-electron chi connectivity index (χ0n) is 25.6. The number of nitrogens with zero attached hydrogens (tertiary/aromatic N) is 8. The van der Waals surface area contributed by atoms with Gasteiger partial charge >= 0.3 is 5.69 Å². The molecule has 1 saturated heterocycles. The van der Waals surface area contributed by atoms with E-state index in [0.29, 0.717) is 71.7 Å². The Morgan fingerprint density at radius 3 is 2.54 bits per heavy atom. The largest absolute Gasteiger partial charge is 0.497 e. The van der Waals surface area contributed by atoms with E-state index >= 15 is 0 Å². The second kappa shape index (κ2) is 12.7. The number of hydrogen-bond donors (Lipinski definition) is 0. The van der Waals surface area contributed by atoms with Gasteiger partial charge in [0.2, 0.25) is 0 Å². The molecule has 0 atom stereocenters. The number of ether oxygens (including phenoxy) is 3. The third-order valence-electron chi connectivity index (χ3n) is 8.32. The molecular weight excluding hydrogens is 591 g/mol. The molecule has 0 bridgehead atoms. The molecule has 0 spiro atoms. The monoisotopic (exact) mass is 624 g/mol. The van der Waals surface area contributed by atoms with Crippen molar-refractivity contribution in [2.24, 2.45) is 0 Å². The number of hydrogen-bond acceptors (Lipinski definition) is 9. The van der Waals surface area contributed by atoms with E-state index in [1.165, 1.54) is 6.07 Å². The molecule has 0 N–H and O–H groups in total. The van der Waals surface area contributed by atoms with Crippen LogP contribution in [0.4, 0.5) is 4.39 Å². The van der Waals surface area contributed by atoms with Crippen LogP contribution in [0.5, 0.6) is 11.5 Å². The standard InChI is InChI=1S/C33H33FN8O4/c1-44-24-10-9-23(28(18-24)45-2)20-41-32-27(40(33(41)43)13-12-39-14-16-46-17-15-39)19-36-30(37-32)29-25-7-5-11-35-31(25)42(38-29)21-22-6-3-4-8-26(22)34/h3-11,18-19H,12-17,20-21H2,1-2H3. The highest BCUT2D eigenvalue weighted by Crippen LogP contribution is 2.28. The van der Waals surface area contributed by atoms with Crippen molar-refractivity contribution in [3.8, 4) is 23.0 Å². The van der Waals surface area contributed by atoms with Gasteiger partial charge in [0.25, 0.3) is 0 Å². The minimum Gasteiger partial charge on any atom is -0.497 e. The molecule has 1 fully saturated rings. The molecule has 0 aliphatic carbocycles. The molecule has 0 radical (unpaired) electrons. The Kier molecular flexibility index (Phi) is 8.16. The van der Waals surface area contributed by atoms with E-state index in [4.69, 9.17) is 29.3 Å². The van der Waals surface area contributed by atoms with Gasteiger partial charge in [0, 0.05) is 49.6 Å². The third-order valence-corrected chi connectivity index (χ3v) is 8.32. The zero-order valence-corrected chi connectivity index (χ0v) is 25.6. The van der Waals surface area contributed by atoms with Crippen LogP contribution < -0.4 is 15.2 Å². The number of pyridine rings is 1. The SMILES string of the molecule is COc1ccc(Cn2c(=O)n(CCN3CCOCC3)c3cnc(-c4nn(Cc5ccccc5F)c5ncccc45)nc32)c(OC)c1. The van der Waals surface area contributed by atoms with E-state index in [0.717, 1.165) is 24.0 Å². The average molecular weight is 625 g/mol. The molecule has 0 unspecified atom stereocenters. The predicted octanol–water partition coefficient (Wildman–Crippen LogP) is 3.59. The molecular formula is C33H33FN8O4. The van der Waals surface area contributed by atoms with E-state index in [9.17, 15) is 9.18 Å². The maximum absolute atomic E-state index is 14.6. The Morgan fingerprint density at radius 2 is 1.74 bits per heavy atom. The second-order valence-corrected chi connectivity index (χ2v) is 11.0. The van der Waals surface area contributed by atoms with Gasteiger partial charge in [-0.2, -0.15) is 5.10 Å². The summed E-state index contributed by atoms with van der Waals surface area (Å²) in [4.78, 5) is 30.5. The Bertz CT molecular complexity index is 2080. The molecule has 1 aliphatic rings. The Hall–Kier alpha value is -5.14. The number of morpholine rings is 1. The number of aromatic nitrogens is 7. The molecule has 5 heterocycles. The van der Waals surface area contributed by atoms with Gasteiger partial charge in [-0.05, 0) is 30.3 Å². The highest BCUT2D eigenvalue weighted by molar-refractivity contribution is 5.90. The van der Waals surface area contributed by atoms with E-state index in [2.05, 4.69) is 9.88 Å². The number of benzene rings is 2. The summed E-state index contributed by atoms with van der Waals surface area (Å²) in [6.07, 6.45) is 3.35. The summed E-state index contributed by atoms with van der Waals surface area (Å²) in [5.41, 5.74) is 3.22. The molecule has 13 heteroatoms. The molecule has 46 heavy (non-hydrogen) atoms. The molecule has 0 amide bonds. The maximum Gasteiger partial charge on any atom is 0.330 e. The summed E-state index contributed by atoms with van der Waals surface area (Å²) in [6, 6.07) is 15.8. The highest BCUT2D eigenvalue weighted by Gasteiger charge is 2.22. The van der Waals surface area contributed by atoms with Crippen LogP contribution in [-0.2, 0) is 24.4 Å². The number of imidazole rings is 1. The summed E-state index contributed by atoms with van der Waals surface area (Å²) in [5.74, 6) is 1.26. The Balaban J connectivity index is 1.33. The molecule has 7 rings (SSSR count). The van der Waals surface area contributed by atoms with Gasteiger partial charge in [0.05, 0.1) is 52.1 Å². The number of methoxy groups -OCH3 is 2. The van der Waals surface area contributed by atoms with Crippen LogP contribution >= 0.6 is 0 Å². The van der Waals surface area contributed by atoms with E-state index in [-0.39, 0.29) is 24.6 Å². The van der Waals surface area contributed by atoms with Gasteiger partial charge in [-0.3, -0.25) is 14.0 Å². The normalized spacial score (nSPS) is 13.9. The van der Waals surface area contributed by atoms with Crippen LogP contribution in [-0.4, -0.2) is 85.8 Å². The lowest BCUT2D eigenvalue weighted by molar-refractivity contribution is 0.0364. The fraction of sp³-hybridized carbons (Fsp3) is 0.303. The summed E-state index contributed by atoms with van der Waals surface area (Å²) in [5, 5.41) is 5.52. The van der Waals surface area contributed by atoms with Gasteiger partial charge in [-0.15, -0.1) is 0 Å². The first-order valence-electron chi connectivity index (χ1n) is 15.1. The van der Waals surface area contributed by atoms with Crippen LogP contribution in [0.2, 0.25) is 0 Å². The fourth-order valence-corrected chi connectivity index (χ4v) is 5.86. The second-order valence-electron chi connectivity index (χ2n) is 11.0. The Morgan fingerprint density at radius 1 is 0.891 bits per heavy atom. The van der Waals surface area contributed by atoms with Gasteiger partial charge in [0.15, 0.2) is 17.1 Å². The van der Waals surface area contributed by atoms with Crippen molar-refractivity contribution in [3.63, 3.8) is 0 Å². The van der Waals surface area contributed by atoms with Crippen molar-refractivity contribution in [3.05, 3.63) is 94.4 Å². The first kappa shape index (κ1) is 29.6. The summed E-state index contributed by atoms with van der Waals surface area (Å²) < 4.78 is 36.1. The van der Waals surface area contributed by atoms with Crippen LogP contribution in [0.15, 0.2) is 71.8 Å². The first-order chi connectivity index (χ1) is 22.5. The summed E-state index contributed by atoms with van der Waals surface area (Å²) in [6.45, 7) is 4.53. The maximum atomic E-state index is 14.6. The van der Waals surface area contributed by atoms with Gasteiger partial charge < -0.3 is 14.2 Å². The van der Waals surface area contributed by atoms with Crippen LogP contribution in [0.3, 0.4) is 0 Å². The number of rotatable bonds is 10. The van der Waals surface area contributed by atoms with Gasteiger partial charge in [-0.1, -0.05) is 18.2 Å². The summed E-state index contributed by atoms with van der Waals surface area (Å²) >= 11 is 0. The lowest BCUT2D eigenvalue weighted by Crippen LogP contribution is -2.39. The highest BCUT2D eigenvalue weighted by atomic mass is 19.1. The van der Waals surface area contributed by atoms with Crippen molar-refractivity contribution in [1.29, 1.82) is 0 Å². The Labute approximate surface area is 263 Å². The summed E-state index contributed by atoms with van der Waals surface area (Å²) in [7, 11) is 3.18. The van der Waals surface area contributed by atoms with Crippen molar-refractivity contribution < 1.29 is 18.6 Å². The molecule has 6 aromatic rings. The van der Waals surface area contributed by atoms with Crippen LogP contribution in [0.1, 0.15) is 11.1 Å². The third kappa shape index (κ3) is 5.59. The topological polar surface area (TPSA) is 114 Å². The zero-order chi connectivity index (χ0) is 31.6. The molecule has 236 valence electrons. The fourth-order valence-electron chi connectivity index (χ4n) is 5.86.